The van der Waals surface area contributed by atoms with Gasteiger partial charge in [-0.15, -0.1) is 0 Å². The van der Waals surface area contributed by atoms with Crippen LogP contribution < -0.4 is 0 Å². The van der Waals surface area contributed by atoms with E-state index in [1.807, 2.05) is 20.8 Å². The maximum atomic E-state index is 11.7. The second kappa shape index (κ2) is 5.25. The molecule has 90 valence electrons. The van der Waals surface area contributed by atoms with Crippen molar-refractivity contribution in [3.05, 3.63) is 12.2 Å². The Morgan fingerprint density at radius 2 is 1.69 bits per heavy atom. The van der Waals surface area contributed by atoms with Crippen LogP contribution in [0, 0.1) is 5.41 Å². The molecule has 0 radical (unpaired) electrons. The van der Waals surface area contributed by atoms with Crippen LogP contribution in [0.3, 0.4) is 0 Å². The van der Waals surface area contributed by atoms with Gasteiger partial charge in [0.1, 0.15) is 0 Å². The molecule has 1 rings (SSSR count). The van der Waals surface area contributed by atoms with Crippen molar-refractivity contribution in [3.8, 4) is 0 Å². The fourth-order valence-corrected chi connectivity index (χ4v) is 1.29. The van der Waals surface area contributed by atoms with Crippen molar-refractivity contribution in [1.82, 2.24) is 4.90 Å². The summed E-state index contributed by atoms with van der Waals surface area (Å²) in [5, 5.41) is 0. The van der Waals surface area contributed by atoms with E-state index in [0.717, 1.165) is 0 Å². The zero-order valence-corrected chi connectivity index (χ0v) is 10.2. The summed E-state index contributed by atoms with van der Waals surface area (Å²) >= 11 is 0. The lowest BCUT2D eigenvalue weighted by molar-refractivity contribution is -0.130. The van der Waals surface area contributed by atoms with E-state index in [4.69, 9.17) is 4.74 Å². The molecule has 0 unspecified atom stereocenters. The van der Waals surface area contributed by atoms with E-state index in [1.165, 1.54) is 12.2 Å². The molecule has 0 saturated carbocycles. The lowest BCUT2D eigenvalue weighted by Crippen LogP contribution is -2.39. The summed E-state index contributed by atoms with van der Waals surface area (Å²) in [6.45, 7) is 7.86. The topological polar surface area (TPSA) is 46.6 Å². The Labute approximate surface area is 96.3 Å². The summed E-state index contributed by atoms with van der Waals surface area (Å²) in [7, 11) is 0. The summed E-state index contributed by atoms with van der Waals surface area (Å²) < 4.78 is 5.14. The monoisotopic (exact) mass is 225 g/mol. The lowest BCUT2D eigenvalue weighted by Gasteiger charge is -2.25. The Hall–Kier alpha value is -1.16. The number of nitrogens with zero attached hydrogens (tertiary/aromatic N) is 1. The van der Waals surface area contributed by atoms with Gasteiger partial charge >= 0.3 is 0 Å². The highest BCUT2D eigenvalue weighted by molar-refractivity contribution is 6.00. The smallest absolute Gasteiger partial charge is 0.246 e. The Kier molecular flexibility index (Phi) is 4.24. The van der Waals surface area contributed by atoms with Gasteiger partial charge in [-0.1, -0.05) is 20.8 Å². The predicted molar refractivity (Wildman–Crippen MR) is 61.0 cm³/mol. The number of rotatable bonds is 2. The number of ketones is 1. The van der Waals surface area contributed by atoms with Crippen LogP contribution in [0.25, 0.3) is 0 Å². The van der Waals surface area contributed by atoms with Gasteiger partial charge in [0.05, 0.1) is 13.2 Å². The molecule has 1 heterocycles. The van der Waals surface area contributed by atoms with Gasteiger partial charge in [0.15, 0.2) is 5.78 Å². The van der Waals surface area contributed by atoms with Crippen molar-refractivity contribution >= 4 is 11.7 Å². The maximum Gasteiger partial charge on any atom is 0.246 e. The number of carbonyl (C=O) groups is 2. The van der Waals surface area contributed by atoms with Gasteiger partial charge in [0.2, 0.25) is 5.91 Å². The van der Waals surface area contributed by atoms with Gasteiger partial charge < -0.3 is 9.64 Å². The minimum absolute atomic E-state index is 0.0332. The van der Waals surface area contributed by atoms with Crippen LogP contribution in [0.15, 0.2) is 12.2 Å². The molecule has 1 aliphatic rings. The minimum atomic E-state index is -0.429. The number of hydrogen-bond donors (Lipinski definition) is 0. The molecule has 0 N–H and O–H groups in total. The predicted octanol–water partition coefficient (Wildman–Crippen LogP) is 1.02. The van der Waals surface area contributed by atoms with E-state index in [9.17, 15) is 9.59 Å². The molecule has 0 spiro atoms. The van der Waals surface area contributed by atoms with Gasteiger partial charge in [0.25, 0.3) is 0 Å². The zero-order valence-electron chi connectivity index (χ0n) is 10.2. The van der Waals surface area contributed by atoms with E-state index < -0.39 is 5.41 Å². The summed E-state index contributed by atoms with van der Waals surface area (Å²) in [4.78, 5) is 24.9. The van der Waals surface area contributed by atoms with E-state index in [0.29, 0.717) is 26.3 Å². The summed E-state index contributed by atoms with van der Waals surface area (Å²) in [5.41, 5.74) is -0.429. The van der Waals surface area contributed by atoms with Crippen LogP contribution in [0.5, 0.6) is 0 Å². The molecule has 0 aromatic rings. The Morgan fingerprint density at radius 3 is 2.19 bits per heavy atom. The van der Waals surface area contributed by atoms with Crippen LogP contribution in [0.2, 0.25) is 0 Å². The summed E-state index contributed by atoms with van der Waals surface area (Å²) in [6, 6.07) is 0. The molecule has 0 aromatic heterocycles. The van der Waals surface area contributed by atoms with Gasteiger partial charge in [-0.3, -0.25) is 9.59 Å². The number of carbonyl (C=O) groups excluding carboxylic acids is 2. The fraction of sp³-hybridized carbons (Fsp3) is 0.667. The molecule has 0 atom stereocenters. The molecule has 1 aliphatic heterocycles. The Bertz CT molecular complexity index is 296. The Morgan fingerprint density at radius 1 is 1.12 bits per heavy atom. The third kappa shape index (κ3) is 3.77. The highest BCUT2D eigenvalue weighted by Crippen LogP contribution is 2.15. The van der Waals surface area contributed by atoms with Crippen LogP contribution in [0.4, 0.5) is 0 Å². The van der Waals surface area contributed by atoms with Crippen LogP contribution in [0.1, 0.15) is 20.8 Å². The molecule has 1 fully saturated rings. The zero-order chi connectivity index (χ0) is 12.2. The first-order valence-electron chi connectivity index (χ1n) is 5.50. The first-order chi connectivity index (χ1) is 7.41. The number of amides is 1. The highest BCUT2D eigenvalue weighted by atomic mass is 16.5. The minimum Gasteiger partial charge on any atom is -0.378 e. The lowest BCUT2D eigenvalue weighted by atomic mass is 9.90. The van der Waals surface area contributed by atoms with E-state index in [2.05, 4.69) is 0 Å². The van der Waals surface area contributed by atoms with Gasteiger partial charge in [-0.25, -0.2) is 0 Å². The van der Waals surface area contributed by atoms with Gasteiger partial charge in [-0.05, 0) is 6.08 Å². The third-order valence-corrected chi connectivity index (χ3v) is 2.44. The van der Waals surface area contributed by atoms with Crippen molar-refractivity contribution in [1.29, 1.82) is 0 Å². The highest BCUT2D eigenvalue weighted by Gasteiger charge is 2.19. The van der Waals surface area contributed by atoms with Gasteiger partial charge in [0, 0.05) is 24.6 Å². The van der Waals surface area contributed by atoms with E-state index >= 15 is 0 Å². The molecule has 4 heteroatoms. The number of morpholine rings is 1. The number of allylic oxidation sites excluding steroid dienone is 1. The third-order valence-electron chi connectivity index (χ3n) is 2.44. The molecule has 0 aliphatic carbocycles. The van der Waals surface area contributed by atoms with E-state index in [1.54, 1.807) is 4.90 Å². The first-order valence-corrected chi connectivity index (χ1v) is 5.50. The van der Waals surface area contributed by atoms with E-state index in [-0.39, 0.29) is 11.7 Å². The molecule has 16 heavy (non-hydrogen) atoms. The second-order valence-electron chi connectivity index (χ2n) is 4.89. The van der Waals surface area contributed by atoms with Crippen LogP contribution in [-0.2, 0) is 14.3 Å². The number of hydrogen-bond acceptors (Lipinski definition) is 3. The largest absolute Gasteiger partial charge is 0.378 e. The maximum absolute atomic E-state index is 11.7. The molecule has 0 aromatic carbocycles. The average Bonchev–Trinajstić information content (AvgIpc) is 2.25. The standard InChI is InChI=1S/C12H19NO3/c1-12(2,3)10(14)4-5-11(15)13-6-8-16-9-7-13/h4-5H,6-9H2,1-3H3/b5-4+. The van der Waals surface area contributed by atoms with Crippen molar-refractivity contribution in [2.24, 2.45) is 5.41 Å². The number of ether oxygens (including phenoxy) is 1. The summed E-state index contributed by atoms with van der Waals surface area (Å²) in [5.74, 6) is -0.144. The second-order valence-corrected chi connectivity index (χ2v) is 4.89. The van der Waals surface area contributed by atoms with Crippen molar-refractivity contribution in [2.45, 2.75) is 20.8 Å². The first kappa shape index (κ1) is 12.9. The van der Waals surface area contributed by atoms with Crippen LogP contribution >= 0.6 is 0 Å². The van der Waals surface area contributed by atoms with Crippen molar-refractivity contribution in [3.63, 3.8) is 0 Å². The normalized spacial score (nSPS) is 17.8. The SMILES string of the molecule is CC(C)(C)C(=O)/C=C/C(=O)N1CCOCC1. The molecule has 0 bridgehead atoms. The van der Waals surface area contributed by atoms with Crippen molar-refractivity contribution in [2.75, 3.05) is 26.3 Å². The molecular weight excluding hydrogens is 206 g/mol. The quantitative estimate of drug-likeness (QED) is 0.659. The summed E-state index contributed by atoms with van der Waals surface area (Å²) in [6.07, 6.45) is 2.73. The molecule has 1 saturated heterocycles. The van der Waals surface area contributed by atoms with Crippen molar-refractivity contribution < 1.29 is 14.3 Å². The molecular formula is C12H19NO3. The fourth-order valence-electron chi connectivity index (χ4n) is 1.29. The Balaban J connectivity index is 2.50. The average molecular weight is 225 g/mol. The molecule has 4 nitrogen and oxygen atoms in total. The molecule has 1 amide bonds. The van der Waals surface area contributed by atoms with Crippen LogP contribution in [-0.4, -0.2) is 42.9 Å². The van der Waals surface area contributed by atoms with Gasteiger partial charge in [-0.2, -0.15) is 0 Å².